The van der Waals surface area contributed by atoms with E-state index >= 15 is 0 Å². The molecule has 0 radical (unpaired) electrons. The predicted molar refractivity (Wildman–Crippen MR) is 78.3 cm³/mol. The molecular formula is C14H22N2O2S. The molecule has 1 aromatic heterocycles. The molecule has 1 saturated carbocycles. The number of thioether (sulfide) groups is 1. The molecule has 4 nitrogen and oxygen atoms in total. The van der Waals surface area contributed by atoms with Crippen LogP contribution < -0.4 is 5.32 Å². The Hall–Kier alpha value is -0.780. The molecule has 0 bridgehead atoms. The third-order valence-electron chi connectivity index (χ3n) is 3.89. The van der Waals surface area contributed by atoms with Crippen molar-refractivity contribution in [1.82, 2.24) is 10.3 Å². The lowest BCUT2D eigenvalue weighted by Crippen LogP contribution is -2.26. The van der Waals surface area contributed by atoms with Gasteiger partial charge in [0.05, 0.1) is 12.3 Å². The van der Waals surface area contributed by atoms with Gasteiger partial charge in [0, 0.05) is 35.2 Å². The largest absolute Gasteiger partial charge is 0.506 e. The van der Waals surface area contributed by atoms with Crippen LogP contribution in [0, 0.1) is 6.92 Å². The van der Waals surface area contributed by atoms with Crippen LogP contribution >= 0.6 is 11.8 Å². The third-order valence-corrected chi connectivity index (χ3v) is 4.98. The molecule has 0 aromatic carbocycles. The van der Waals surface area contributed by atoms with Crippen molar-refractivity contribution in [3.8, 4) is 5.75 Å². The van der Waals surface area contributed by atoms with Gasteiger partial charge in [-0.05, 0) is 32.4 Å². The van der Waals surface area contributed by atoms with Gasteiger partial charge in [-0.2, -0.15) is 11.8 Å². The molecule has 106 valence electrons. The molecule has 1 aliphatic rings. The first-order valence-electron chi connectivity index (χ1n) is 6.69. The van der Waals surface area contributed by atoms with E-state index in [9.17, 15) is 10.2 Å². The summed E-state index contributed by atoms with van der Waals surface area (Å²) in [6, 6.07) is 0.511. The Bertz CT molecular complexity index is 440. The standard InChI is InChI=1S/C14H22N2O2S/c1-9-14(18)13(10(8-17)6-15-9)7-16-11-3-4-12(5-11)19-2/h6,11-12,16-18H,3-5,7-8H2,1-2H3. The van der Waals surface area contributed by atoms with E-state index in [2.05, 4.69) is 16.6 Å². The summed E-state index contributed by atoms with van der Waals surface area (Å²) in [6.07, 6.45) is 7.43. The van der Waals surface area contributed by atoms with Crippen molar-refractivity contribution in [3.63, 3.8) is 0 Å². The van der Waals surface area contributed by atoms with E-state index in [-0.39, 0.29) is 12.4 Å². The first-order chi connectivity index (χ1) is 9.15. The molecule has 5 heteroatoms. The van der Waals surface area contributed by atoms with Gasteiger partial charge in [-0.1, -0.05) is 0 Å². The maximum absolute atomic E-state index is 10.1. The number of hydrogen-bond donors (Lipinski definition) is 3. The number of pyridine rings is 1. The van der Waals surface area contributed by atoms with Crippen LogP contribution in [0.4, 0.5) is 0 Å². The van der Waals surface area contributed by atoms with Gasteiger partial charge in [-0.25, -0.2) is 0 Å². The Balaban J connectivity index is 2.01. The summed E-state index contributed by atoms with van der Waals surface area (Å²) in [7, 11) is 0. The average molecular weight is 282 g/mol. The molecule has 3 N–H and O–H groups in total. The van der Waals surface area contributed by atoms with Crippen molar-refractivity contribution < 1.29 is 10.2 Å². The van der Waals surface area contributed by atoms with Gasteiger partial charge in [0.25, 0.3) is 0 Å². The van der Waals surface area contributed by atoms with E-state index in [0.29, 0.717) is 23.8 Å². The normalized spacial score (nSPS) is 22.9. The number of hydrogen-bond acceptors (Lipinski definition) is 5. The van der Waals surface area contributed by atoms with Crippen molar-refractivity contribution >= 4 is 11.8 Å². The molecule has 1 aromatic rings. The number of aliphatic hydroxyl groups excluding tert-OH is 1. The molecule has 0 spiro atoms. The minimum atomic E-state index is -0.0873. The Morgan fingerprint density at radius 3 is 2.89 bits per heavy atom. The third kappa shape index (κ3) is 3.41. The zero-order valence-corrected chi connectivity index (χ0v) is 12.3. The number of nitrogens with one attached hydrogen (secondary N) is 1. The van der Waals surface area contributed by atoms with E-state index in [1.165, 1.54) is 19.3 Å². The molecule has 1 heterocycles. The second kappa shape index (κ2) is 6.59. The van der Waals surface area contributed by atoms with Gasteiger partial charge in [-0.15, -0.1) is 0 Å². The number of aromatic nitrogens is 1. The van der Waals surface area contributed by atoms with Crippen molar-refractivity contribution in [1.29, 1.82) is 0 Å². The fourth-order valence-corrected chi connectivity index (χ4v) is 3.40. The molecular weight excluding hydrogens is 260 g/mol. The smallest absolute Gasteiger partial charge is 0.141 e. The number of aryl methyl sites for hydroxylation is 1. The molecule has 2 atom stereocenters. The molecule has 2 unspecified atom stereocenters. The van der Waals surface area contributed by atoms with E-state index in [4.69, 9.17) is 0 Å². The molecule has 0 amide bonds. The van der Waals surface area contributed by atoms with Crippen LogP contribution in [0.2, 0.25) is 0 Å². The molecule has 1 fully saturated rings. The highest BCUT2D eigenvalue weighted by Gasteiger charge is 2.24. The van der Waals surface area contributed by atoms with Crippen LogP contribution in [0.5, 0.6) is 5.75 Å². The summed E-state index contributed by atoms with van der Waals surface area (Å²) in [6.45, 7) is 2.28. The average Bonchev–Trinajstić information content (AvgIpc) is 2.88. The number of aromatic hydroxyl groups is 1. The van der Waals surface area contributed by atoms with Gasteiger partial charge in [0.2, 0.25) is 0 Å². The molecule has 2 rings (SSSR count). The van der Waals surface area contributed by atoms with Gasteiger partial charge in [0.15, 0.2) is 0 Å². The Labute approximate surface area is 118 Å². The Morgan fingerprint density at radius 2 is 2.26 bits per heavy atom. The van der Waals surface area contributed by atoms with Crippen LogP contribution in [0.3, 0.4) is 0 Å². The summed E-state index contributed by atoms with van der Waals surface area (Å²) >= 11 is 1.93. The lowest BCUT2D eigenvalue weighted by Gasteiger charge is -2.16. The first-order valence-corrected chi connectivity index (χ1v) is 7.97. The maximum Gasteiger partial charge on any atom is 0.141 e. The Kier molecular flexibility index (Phi) is 5.07. The summed E-state index contributed by atoms with van der Waals surface area (Å²) < 4.78 is 0. The van der Waals surface area contributed by atoms with Crippen LogP contribution in [0.1, 0.15) is 36.1 Å². The second-order valence-corrected chi connectivity index (χ2v) is 6.24. The van der Waals surface area contributed by atoms with Gasteiger partial charge in [-0.3, -0.25) is 4.98 Å². The number of aliphatic hydroxyl groups is 1. The van der Waals surface area contributed by atoms with Crippen molar-refractivity contribution in [2.75, 3.05) is 6.26 Å². The number of rotatable bonds is 5. The zero-order chi connectivity index (χ0) is 13.8. The van der Waals surface area contributed by atoms with Crippen LogP contribution in [0.25, 0.3) is 0 Å². The van der Waals surface area contributed by atoms with E-state index in [1.807, 2.05) is 11.8 Å². The highest BCUT2D eigenvalue weighted by atomic mass is 32.2. The highest BCUT2D eigenvalue weighted by molar-refractivity contribution is 7.99. The molecule has 0 saturated heterocycles. The lowest BCUT2D eigenvalue weighted by atomic mass is 10.1. The maximum atomic E-state index is 10.1. The fraction of sp³-hybridized carbons (Fsp3) is 0.643. The quantitative estimate of drug-likeness (QED) is 0.770. The first kappa shape index (κ1) is 14.6. The monoisotopic (exact) mass is 282 g/mol. The van der Waals surface area contributed by atoms with E-state index < -0.39 is 0 Å². The minimum absolute atomic E-state index is 0.0873. The van der Waals surface area contributed by atoms with Gasteiger partial charge < -0.3 is 15.5 Å². The van der Waals surface area contributed by atoms with Crippen molar-refractivity contribution in [2.24, 2.45) is 0 Å². The van der Waals surface area contributed by atoms with E-state index in [0.717, 1.165) is 10.8 Å². The minimum Gasteiger partial charge on any atom is -0.506 e. The summed E-state index contributed by atoms with van der Waals surface area (Å²) in [4.78, 5) is 4.07. The predicted octanol–water partition coefficient (Wildman–Crippen LogP) is 1.96. The SMILES string of the molecule is CSC1CCC(NCc2c(CO)cnc(C)c2O)C1. The fourth-order valence-electron chi connectivity index (χ4n) is 2.60. The van der Waals surface area contributed by atoms with Crippen molar-refractivity contribution in [3.05, 3.63) is 23.0 Å². The summed E-state index contributed by atoms with van der Waals surface area (Å²) in [5.41, 5.74) is 2.10. The van der Waals surface area contributed by atoms with Gasteiger partial charge in [0.1, 0.15) is 5.75 Å². The summed E-state index contributed by atoms with van der Waals surface area (Å²) in [5, 5.41) is 23.6. The zero-order valence-electron chi connectivity index (χ0n) is 11.5. The molecule has 0 aliphatic heterocycles. The molecule has 1 aliphatic carbocycles. The van der Waals surface area contributed by atoms with Crippen LogP contribution in [-0.2, 0) is 13.2 Å². The van der Waals surface area contributed by atoms with Gasteiger partial charge >= 0.3 is 0 Å². The molecule has 19 heavy (non-hydrogen) atoms. The number of nitrogens with zero attached hydrogens (tertiary/aromatic N) is 1. The van der Waals surface area contributed by atoms with Crippen molar-refractivity contribution in [2.45, 2.75) is 50.6 Å². The second-order valence-electron chi connectivity index (χ2n) is 5.10. The topological polar surface area (TPSA) is 65.4 Å². The lowest BCUT2D eigenvalue weighted by molar-refractivity contribution is 0.278. The van der Waals surface area contributed by atoms with E-state index in [1.54, 1.807) is 13.1 Å². The van der Waals surface area contributed by atoms with Crippen LogP contribution in [-0.4, -0.2) is 32.7 Å². The highest BCUT2D eigenvalue weighted by Crippen LogP contribution is 2.29. The summed E-state index contributed by atoms with van der Waals surface area (Å²) in [5.74, 6) is 0.207. The van der Waals surface area contributed by atoms with Crippen LogP contribution in [0.15, 0.2) is 6.20 Å². The Morgan fingerprint density at radius 1 is 1.47 bits per heavy atom.